The number of hydrogen-bond acceptors (Lipinski definition) is 3. The van der Waals surface area contributed by atoms with E-state index in [0.717, 1.165) is 12.2 Å². The number of nitrogens with one attached hydrogen (secondary N) is 1. The van der Waals surface area contributed by atoms with E-state index in [2.05, 4.69) is 28.5 Å². The summed E-state index contributed by atoms with van der Waals surface area (Å²) in [5, 5.41) is 11.3. The Morgan fingerprint density at radius 3 is 3.08 bits per heavy atom. The first-order valence-corrected chi connectivity index (χ1v) is 4.35. The van der Waals surface area contributed by atoms with Gasteiger partial charge >= 0.3 is 0 Å². The molecule has 1 aromatic rings. The van der Waals surface area contributed by atoms with E-state index < -0.39 is 0 Å². The average molecular weight is 163 g/mol. The minimum absolute atomic E-state index is 0.596. The lowest BCUT2D eigenvalue weighted by Crippen LogP contribution is -1.99. The normalized spacial score (nSPS) is 20.7. The van der Waals surface area contributed by atoms with Crippen LogP contribution in [0.5, 0.6) is 0 Å². The third-order valence-electron chi connectivity index (χ3n) is 2.48. The molecule has 0 amide bonds. The SMILES string of the molecule is CNc1cc2c(nn1)C(C)CC2. The van der Waals surface area contributed by atoms with E-state index in [0.29, 0.717) is 5.92 Å². The summed E-state index contributed by atoms with van der Waals surface area (Å²) in [6.45, 7) is 2.21. The number of anilines is 1. The quantitative estimate of drug-likeness (QED) is 0.682. The number of nitrogens with zero attached hydrogens (tertiary/aromatic N) is 2. The van der Waals surface area contributed by atoms with Gasteiger partial charge in [0.05, 0.1) is 5.69 Å². The third kappa shape index (κ3) is 1.05. The van der Waals surface area contributed by atoms with Gasteiger partial charge in [0.2, 0.25) is 0 Å². The van der Waals surface area contributed by atoms with Gasteiger partial charge in [-0.1, -0.05) is 6.92 Å². The van der Waals surface area contributed by atoms with E-state index in [4.69, 9.17) is 0 Å². The molecule has 1 atom stereocenters. The van der Waals surface area contributed by atoms with Crippen LogP contribution < -0.4 is 5.32 Å². The molecule has 2 rings (SSSR count). The van der Waals surface area contributed by atoms with E-state index in [-0.39, 0.29) is 0 Å². The van der Waals surface area contributed by atoms with Crippen molar-refractivity contribution in [3.63, 3.8) is 0 Å². The van der Waals surface area contributed by atoms with Gasteiger partial charge in [-0.2, -0.15) is 5.10 Å². The Bertz CT molecular complexity index is 296. The van der Waals surface area contributed by atoms with Crippen molar-refractivity contribution in [3.8, 4) is 0 Å². The maximum absolute atomic E-state index is 4.20. The zero-order valence-electron chi connectivity index (χ0n) is 7.46. The zero-order valence-corrected chi connectivity index (χ0v) is 7.46. The van der Waals surface area contributed by atoms with Gasteiger partial charge in [-0.15, -0.1) is 5.10 Å². The topological polar surface area (TPSA) is 37.8 Å². The summed E-state index contributed by atoms with van der Waals surface area (Å²) in [5.74, 6) is 1.47. The molecule has 1 aliphatic carbocycles. The lowest BCUT2D eigenvalue weighted by Gasteiger charge is -2.03. The summed E-state index contributed by atoms with van der Waals surface area (Å²) < 4.78 is 0. The minimum Gasteiger partial charge on any atom is -0.372 e. The predicted molar refractivity (Wildman–Crippen MR) is 48.3 cm³/mol. The van der Waals surface area contributed by atoms with Crippen molar-refractivity contribution >= 4 is 5.82 Å². The Morgan fingerprint density at radius 1 is 1.50 bits per heavy atom. The van der Waals surface area contributed by atoms with Crippen molar-refractivity contribution in [3.05, 3.63) is 17.3 Å². The highest BCUT2D eigenvalue weighted by atomic mass is 15.2. The Morgan fingerprint density at radius 2 is 2.33 bits per heavy atom. The predicted octanol–water partition coefficient (Wildman–Crippen LogP) is 1.57. The van der Waals surface area contributed by atoms with Gasteiger partial charge in [0.25, 0.3) is 0 Å². The zero-order chi connectivity index (χ0) is 8.55. The summed E-state index contributed by atoms with van der Waals surface area (Å²) in [7, 11) is 1.87. The molecule has 12 heavy (non-hydrogen) atoms. The second kappa shape index (κ2) is 2.73. The van der Waals surface area contributed by atoms with Gasteiger partial charge in [0, 0.05) is 13.0 Å². The fourth-order valence-corrected chi connectivity index (χ4v) is 1.69. The van der Waals surface area contributed by atoms with Gasteiger partial charge in [0.1, 0.15) is 5.82 Å². The van der Waals surface area contributed by atoms with Crippen LogP contribution in [-0.4, -0.2) is 17.2 Å². The van der Waals surface area contributed by atoms with Crippen molar-refractivity contribution in [2.75, 3.05) is 12.4 Å². The molecule has 0 saturated heterocycles. The van der Waals surface area contributed by atoms with E-state index in [1.807, 2.05) is 7.05 Å². The molecular weight excluding hydrogens is 150 g/mol. The molecule has 0 saturated carbocycles. The number of aromatic nitrogens is 2. The molecule has 1 unspecified atom stereocenters. The molecule has 0 radical (unpaired) electrons. The highest BCUT2D eigenvalue weighted by molar-refractivity contribution is 5.40. The van der Waals surface area contributed by atoms with E-state index in [1.165, 1.54) is 17.7 Å². The van der Waals surface area contributed by atoms with Crippen LogP contribution in [0.25, 0.3) is 0 Å². The van der Waals surface area contributed by atoms with Crippen LogP contribution in [0.3, 0.4) is 0 Å². The van der Waals surface area contributed by atoms with Crippen LogP contribution >= 0.6 is 0 Å². The van der Waals surface area contributed by atoms with E-state index in [9.17, 15) is 0 Å². The molecule has 1 aliphatic rings. The number of fused-ring (bicyclic) bond motifs is 1. The van der Waals surface area contributed by atoms with E-state index >= 15 is 0 Å². The van der Waals surface area contributed by atoms with Crippen molar-refractivity contribution in [1.29, 1.82) is 0 Å². The smallest absolute Gasteiger partial charge is 0.148 e. The van der Waals surface area contributed by atoms with Gasteiger partial charge < -0.3 is 5.32 Å². The van der Waals surface area contributed by atoms with Gasteiger partial charge in [-0.25, -0.2) is 0 Å². The Balaban J connectivity index is 2.41. The van der Waals surface area contributed by atoms with Crippen LogP contribution in [0, 0.1) is 0 Å². The Kier molecular flexibility index (Phi) is 1.71. The lowest BCUT2D eigenvalue weighted by atomic mass is 10.1. The van der Waals surface area contributed by atoms with Crippen molar-refractivity contribution in [1.82, 2.24) is 10.2 Å². The van der Waals surface area contributed by atoms with Crippen LogP contribution in [0.4, 0.5) is 5.82 Å². The third-order valence-corrected chi connectivity index (χ3v) is 2.48. The second-order valence-corrected chi connectivity index (χ2v) is 3.33. The van der Waals surface area contributed by atoms with Crippen molar-refractivity contribution in [2.24, 2.45) is 0 Å². The molecule has 0 aliphatic heterocycles. The molecule has 3 nitrogen and oxygen atoms in total. The van der Waals surface area contributed by atoms with Crippen LogP contribution in [0.1, 0.15) is 30.5 Å². The number of aryl methyl sites for hydroxylation is 1. The first kappa shape index (κ1) is 7.53. The molecule has 64 valence electrons. The summed E-state index contributed by atoms with van der Waals surface area (Å²) in [4.78, 5) is 0. The lowest BCUT2D eigenvalue weighted by molar-refractivity contribution is 0.720. The molecule has 1 aromatic heterocycles. The molecular formula is C9H13N3. The monoisotopic (exact) mass is 163 g/mol. The Labute approximate surface area is 72.2 Å². The van der Waals surface area contributed by atoms with Crippen molar-refractivity contribution in [2.45, 2.75) is 25.7 Å². The number of hydrogen-bond donors (Lipinski definition) is 1. The minimum atomic E-state index is 0.596. The van der Waals surface area contributed by atoms with Crippen LogP contribution in [0.15, 0.2) is 6.07 Å². The largest absolute Gasteiger partial charge is 0.372 e. The van der Waals surface area contributed by atoms with Gasteiger partial charge in [-0.05, 0) is 24.5 Å². The molecule has 0 spiro atoms. The highest BCUT2D eigenvalue weighted by Crippen LogP contribution is 2.30. The first-order chi connectivity index (χ1) is 5.81. The number of rotatable bonds is 1. The molecule has 0 aromatic carbocycles. The first-order valence-electron chi connectivity index (χ1n) is 4.35. The summed E-state index contributed by atoms with van der Waals surface area (Å²) in [5.41, 5.74) is 2.55. The van der Waals surface area contributed by atoms with Crippen LogP contribution in [-0.2, 0) is 6.42 Å². The molecule has 1 N–H and O–H groups in total. The molecule has 0 fully saturated rings. The highest BCUT2D eigenvalue weighted by Gasteiger charge is 2.20. The molecule has 3 heteroatoms. The van der Waals surface area contributed by atoms with E-state index in [1.54, 1.807) is 0 Å². The summed E-state index contributed by atoms with van der Waals surface area (Å²) in [6, 6.07) is 2.10. The maximum atomic E-state index is 4.20. The average Bonchev–Trinajstić information content (AvgIpc) is 2.47. The fraction of sp³-hybridized carbons (Fsp3) is 0.556. The van der Waals surface area contributed by atoms with Crippen LogP contribution in [0.2, 0.25) is 0 Å². The van der Waals surface area contributed by atoms with Gasteiger partial charge in [0.15, 0.2) is 0 Å². The van der Waals surface area contributed by atoms with Gasteiger partial charge in [-0.3, -0.25) is 0 Å². The van der Waals surface area contributed by atoms with Crippen molar-refractivity contribution < 1.29 is 0 Å². The summed E-state index contributed by atoms with van der Waals surface area (Å²) in [6.07, 6.45) is 2.37. The molecule has 1 heterocycles. The standard InChI is InChI=1S/C9H13N3/c1-6-3-4-7-5-8(10-2)11-12-9(6)7/h5-6H,3-4H2,1-2H3,(H,10,11). The molecule has 0 bridgehead atoms. The second-order valence-electron chi connectivity index (χ2n) is 3.33. The maximum Gasteiger partial charge on any atom is 0.148 e. The Hall–Kier alpha value is -1.12. The summed E-state index contributed by atoms with van der Waals surface area (Å²) >= 11 is 0. The fourth-order valence-electron chi connectivity index (χ4n) is 1.69.